The molecule has 0 bridgehead atoms. The molecule has 3 N–H and O–H groups in total. The Bertz CT molecular complexity index is 950. The molecule has 0 radical (unpaired) electrons. The highest BCUT2D eigenvalue weighted by Crippen LogP contribution is 2.28. The number of benzene rings is 2. The van der Waals surface area contributed by atoms with Gasteiger partial charge in [0.25, 0.3) is 5.91 Å². The van der Waals surface area contributed by atoms with Gasteiger partial charge in [0.2, 0.25) is 11.8 Å². The second-order valence-corrected chi connectivity index (χ2v) is 7.58. The minimum atomic E-state index is -0.920. The smallest absolute Gasteiger partial charge is 0.279 e. The highest BCUT2D eigenvalue weighted by atomic mass is 35.5. The molecule has 3 amide bonds. The van der Waals surface area contributed by atoms with Crippen molar-refractivity contribution in [3.05, 3.63) is 57.6 Å². The summed E-state index contributed by atoms with van der Waals surface area (Å²) in [6.45, 7) is 5.36. The summed E-state index contributed by atoms with van der Waals surface area (Å²) in [6, 6.07) is 10.3. The highest BCUT2D eigenvalue weighted by molar-refractivity contribution is 6.35. The molecule has 0 heterocycles. The zero-order valence-electron chi connectivity index (χ0n) is 16.8. The fraction of sp³-hybridized carbons (Fsp3) is 0.286. The minimum absolute atomic E-state index is 0.0263. The second-order valence-electron chi connectivity index (χ2n) is 6.74. The molecule has 30 heavy (non-hydrogen) atoms. The Morgan fingerprint density at radius 3 is 2.33 bits per heavy atom. The van der Waals surface area contributed by atoms with Gasteiger partial charge in [0.1, 0.15) is 5.75 Å². The van der Waals surface area contributed by atoms with Crippen molar-refractivity contribution in [2.24, 2.45) is 0 Å². The number of ether oxygens (including phenoxy) is 1. The molecule has 0 aliphatic carbocycles. The van der Waals surface area contributed by atoms with Crippen LogP contribution in [-0.4, -0.2) is 23.8 Å². The molecule has 1 atom stereocenters. The molecule has 7 nitrogen and oxygen atoms in total. The SMILES string of the molecule is Cc1ccc(NC(=O)CCC(=O)NNC(=O)[C@@H](C)Oc2ccc(Cl)cc2Cl)c(C)c1. The van der Waals surface area contributed by atoms with Crippen LogP contribution in [0.2, 0.25) is 10.0 Å². The van der Waals surface area contributed by atoms with Crippen LogP contribution in [0.4, 0.5) is 5.69 Å². The highest BCUT2D eigenvalue weighted by Gasteiger charge is 2.17. The van der Waals surface area contributed by atoms with Crippen LogP contribution in [0.5, 0.6) is 5.75 Å². The fourth-order valence-corrected chi connectivity index (χ4v) is 2.96. The van der Waals surface area contributed by atoms with Gasteiger partial charge in [-0.1, -0.05) is 40.9 Å². The third-order valence-corrected chi connectivity index (χ3v) is 4.66. The monoisotopic (exact) mass is 451 g/mol. The van der Waals surface area contributed by atoms with E-state index >= 15 is 0 Å². The van der Waals surface area contributed by atoms with Crippen LogP contribution in [0.1, 0.15) is 30.9 Å². The van der Waals surface area contributed by atoms with Crippen LogP contribution in [0.15, 0.2) is 36.4 Å². The molecule has 0 spiro atoms. The molecule has 0 fully saturated rings. The van der Waals surface area contributed by atoms with E-state index in [1.165, 1.54) is 13.0 Å². The van der Waals surface area contributed by atoms with Gasteiger partial charge in [-0.25, -0.2) is 0 Å². The molecule has 0 aliphatic rings. The molecule has 0 unspecified atom stereocenters. The van der Waals surface area contributed by atoms with Crippen molar-refractivity contribution in [1.82, 2.24) is 10.9 Å². The molecule has 0 aliphatic heterocycles. The zero-order valence-corrected chi connectivity index (χ0v) is 18.4. The Balaban J connectivity index is 1.74. The first-order valence-corrected chi connectivity index (χ1v) is 9.99. The quantitative estimate of drug-likeness (QED) is 0.555. The summed E-state index contributed by atoms with van der Waals surface area (Å²) >= 11 is 11.8. The van der Waals surface area contributed by atoms with Gasteiger partial charge in [0, 0.05) is 23.6 Å². The van der Waals surface area contributed by atoms with E-state index in [1.54, 1.807) is 12.1 Å². The zero-order chi connectivity index (χ0) is 22.3. The maximum Gasteiger partial charge on any atom is 0.279 e. The number of carbonyl (C=O) groups is 3. The first-order valence-electron chi connectivity index (χ1n) is 9.23. The maximum absolute atomic E-state index is 12.1. The van der Waals surface area contributed by atoms with E-state index in [0.717, 1.165) is 11.1 Å². The lowest BCUT2D eigenvalue weighted by atomic mass is 10.1. The van der Waals surface area contributed by atoms with Gasteiger partial charge in [-0.3, -0.25) is 25.2 Å². The van der Waals surface area contributed by atoms with Gasteiger partial charge in [0.05, 0.1) is 5.02 Å². The second kappa shape index (κ2) is 10.8. The summed E-state index contributed by atoms with van der Waals surface area (Å²) < 4.78 is 5.46. The third-order valence-electron chi connectivity index (χ3n) is 4.13. The predicted octanol–water partition coefficient (Wildman–Crippen LogP) is 3.94. The van der Waals surface area contributed by atoms with Gasteiger partial charge >= 0.3 is 0 Å². The first kappa shape index (κ1) is 23.5. The summed E-state index contributed by atoms with van der Waals surface area (Å²) in [7, 11) is 0. The van der Waals surface area contributed by atoms with E-state index in [0.29, 0.717) is 10.7 Å². The van der Waals surface area contributed by atoms with Crippen molar-refractivity contribution in [2.45, 2.75) is 39.7 Å². The Kier molecular flexibility index (Phi) is 8.50. The number of halogens is 2. The normalized spacial score (nSPS) is 11.4. The molecule has 2 aromatic rings. The molecule has 9 heteroatoms. The number of nitrogens with one attached hydrogen (secondary N) is 3. The van der Waals surface area contributed by atoms with Crippen LogP contribution in [-0.2, 0) is 14.4 Å². The molecule has 0 saturated heterocycles. The lowest BCUT2D eigenvalue weighted by Gasteiger charge is -2.16. The van der Waals surface area contributed by atoms with E-state index in [2.05, 4.69) is 16.2 Å². The average molecular weight is 452 g/mol. The van der Waals surface area contributed by atoms with Gasteiger partial charge in [-0.15, -0.1) is 0 Å². The molecule has 0 aromatic heterocycles. The molecule has 0 saturated carbocycles. The number of aryl methyl sites for hydroxylation is 2. The van der Waals surface area contributed by atoms with Crippen molar-refractivity contribution < 1.29 is 19.1 Å². The van der Waals surface area contributed by atoms with E-state index < -0.39 is 17.9 Å². The van der Waals surface area contributed by atoms with Crippen LogP contribution in [0.3, 0.4) is 0 Å². The number of hydrogen-bond donors (Lipinski definition) is 3. The summed E-state index contributed by atoms with van der Waals surface area (Å²) in [5.74, 6) is -1.08. The van der Waals surface area contributed by atoms with Gasteiger partial charge in [-0.2, -0.15) is 0 Å². The van der Waals surface area contributed by atoms with E-state index in [1.807, 2.05) is 32.0 Å². The minimum Gasteiger partial charge on any atom is -0.479 e. The van der Waals surface area contributed by atoms with Crippen molar-refractivity contribution >= 4 is 46.6 Å². The van der Waals surface area contributed by atoms with Crippen molar-refractivity contribution in [3.63, 3.8) is 0 Å². The Morgan fingerprint density at radius 2 is 1.67 bits per heavy atom. The van der Waals surface area contributed by atoms with E-state index in [4.69, 9.17) is 27.9 Å². The summed E-state index contributed by atoms with van der Waals surface area (Å²) in [4.78, 5) is 36.0. The fourth-order valence-electron chi connectivity index (χ4n) is 2.50. The molecular formula is C21H23Cl2N3O4. The molecule has 160 valence electrons. The maximum atomic E-state index is 12.1. The lowest BCUT2D eigenvalue weighted by molar-refractivity contribution is -0.133. The topological polar surface area (TPSA) is 96.5 Å². The molecule has 2 rings (SSSR count). The van der Waals surface area contributed by atoms with Crippen molar-refractivity contribution in [2.75, 3.05) is 5.32 Å². The van der Waals surface area contributed by atoms with Crippen LogP contribution in [0.25, 0.3) is 0 Å². The first-order chi connectivity index (χ1) is 14.2. The van der Waals surface area contributed by atoms with Gasteiger partial charge in [0.15, 0.2) is 6.10 Å². The number of carbonyl (C=O) groups excluding carboxylic acids is 3. The number of rotatable bonds is 7. The van der Waals surface area contributed by atoms with Crippen LogP contribution >= 0.6 is 23.2 Å². The molecular weight excluding hydrogens is 429 g/mol. The van der Waals surface area contributed by atoms with E-state index in [-0.39, 0.29) is 29.5 Å². The summed E-state index contributed by atoms with van der Waals surface area (Å²) in [5.41, 5.74) is 7.25. The van der Waals surface area contributed by atoms with Gasteiger partial charge in [-0.05, 0) is 50.6 Å². The standard InChI is InChI=1S/C21H23Cl2N3O4/c1-12-4-6-17(13(2)10-12)24-19(27)8-9-20(28)25-26-21(29)14(3)30-18-7-5-15(22)11-16(18)23/h4-7,10-11,14H,8-9H2,1-3H3,(H,24,27)(H,25,28)(H,26,29)/t14-/m1/s1. The third kappa shape index (κ3) is 7.24. The van der Waals surface area contributed by atoms with E-state index in [9.17, 15) is 14.4 Å². The number of amides is 3. The van der Waals surface area contributed by atoms with Crippen molar-refractivity contribution in [3.8, 4) is 5.75 Å². The number of anilines is 1. The Morgan fingerprint density at radius 1 is 0.967 bits per heavy atom. The Labute approximate surface area is 185 Å². The summed E-state index contributed by atoms with van der Waals surface area (Å²) in [6.07, 6.45) is -1.03. The predicted molar refractivity (Wildman–Crippen MR) is 117 cm³/mol. The molecule has 2 aromatic carbocycles. The number of hydrazine groups is 1. The summed E-state index contributed by atoms with van der Waals surface area (Å²) in [5, 5.41) is 3.47. The van der Waals surface area contributed by atoms with Crippen LogP contribution < -0.4 is 20.9 Å². The largest absolute Gasteiger partial charge is 0.479 e. The Hall–Kier alpha value is -2.77. The lowest BCUT2D eigenvalue weighted by Crippen LogP contribution is -2.47. The average Bonchev–Trinajstić information content (AvgIpc) is 2.68. The van der Waals surface area contributed by atoms with Crippen LogP contribution in [0, 0.1) is 13.8 Å². The van der Waals surface area contributed by atoms with Crippen molar-refractivity contribution in [1.29, 1.82) is 0 Å². The number of hydrogen-bond acceptors (Lipinski definition) is 4. The van der Waals surface area contributed by atoms with Gasteiger partial charge < -0.3 is 10.1 Å².